The van der Waals surface area contributed by atoms with E-state index in [0.717, 1.165) is 48.7 Å². The molecule has 0 amide bonds. The Labute approximate surface area is 203 Å². The van der Waals surface area contributed by atoms with E-state index in [-0.39, 0.29) is 5.92 Å². The fourth-order valence-electron chi connectivity index (χ4n) is 5.53. The van der Waals surface area contributed by atoms with Crippen molar-refractivity contribution in [3.8, 4) is 0 Å². The summed E-state index contributed by atoms with van der Waals surface area (Å²) < 4.78 is 0. The SMILES string of the molecule is CCc1cc(/C(C)=N/OCc2ccc(C3CCCC3)c(C)c2)ccc1CN1CC[C@H](C(=O)O)C1. The maximum absolute atomic E-state index is 11.3. The Bertz CT molecular complexity index is 1040. The van der Waals surface area contributed by atoms with Crippen molar-refractivity contribution in [2.24, 2.45) is 11.1 Å². The van der Waals surface area contributed by atoms with Crippen molar-refractivity contribution >= 4 is 11.7 Å². The Morgan fingerprint density at radius 2 is 1.91 bits per heavy atom. The normalized spacial score (nSPS) is 19.6. The first-order valence-corrected chi connectivity index (χ1v) is 12.8. The highest BCUT2D eigenvalue weighted by Gasteiger charge is 2.28. The third-order valence-electron chi connectivity index (χ3n) is 7.58. The van der Waals surface area contributed by atoms with Crippen LogP contribution in [0.5, 0.6) is 0 Å². The molecule has 1 atom stereocenters. The smallest absolute Gasteiger partial charge is 0.307 e. The topological polar surface area (TPSA) is 62.1 Å². The molecule has 182 valence electrons. The van der Waals surface area contributed by atoms with Crippen molar-refractivity contribution in [1.29, 1.82) is 0 Å². The zero-order valence-corrected chi connectivity index (χ0v) is 20.8. The first-order chi connectivity index (χ1) is 16.4. The predicted octanol–water partition coefficient (Wildman–Crippen LogP) is 6.06. The molecule has 1 aliphatic heterocycles. The minimum absolute atomic E-state index is 0.237. The number of hydrogen-bond donors (Lipinski definition) is 1. The molecule has 0 unspecified atom stereocenters. The molecule has 5 heteroatoms. The van der Waals surface area contributed by atoms with E-state index in [9.17, 15) is 9.90 Å². The Morgan fingerprint density at radius 1 is 1.12 bits per heavy atom. The van der Waals surface area contributed by atoms with Gasteiger partial charge in [-0.1, -0.05) is 55.3 Å². The number of nitrogens with zero attached hydrogens (tertiary/aromatic N) is 2. The maximum atomic E-state index is 11.3. The van der Waals surface area contributed by atoms with Gasteiger partial charge in [0, 0.05) is 13.1 Å². The lowest BCUT2D eigenvalue weighted by atomic mass is 9.92. The molecule has 34 heavy (non-hydrogen) atoms. The summed E-state index contributed by atoms with van der Waals surface area (Å²) in [6.45, 7) is 9.11. The van der Waals surface area contributed by atoms with Gasteiger partial charge >= 0.3 is 5.97 Å². The second kappa shape index (κ2) is 11.2. The third kappa shape index (κ3) is 5.87. The number of aliphatic carboxylic acids is 1. The van der Waals surface area contributed by atoms with Crippen LogP contribution in [0.4, 0.5) is 0 Å². The lowest BCUT2D eigenvalue weighted by molar-refractivity contribution is -0.141. The molecular weight excluding hydrogens is 424 g/mol. The number of benzene rings is 2. The number of carbonyl (C=O) groups is 1. The minimum atomic E-state index is -0.680. The van der Waals surface area contributed by atoms with Gasteiger partial charge in [0.25, 0.3) is 0 Å². The lowest BCUT2D eigenvalue weighted by Gasteiger charge is -2.18. The number of oxime groups is 1. The zero-order chi connectivity index (χ0) is 24.1. The van der Waals surface area contributed by atoms with Gasteiger partial charge in [0.15, 0.2) is 0 Å². The summed E-state index contributed by atoms with van der Waals surface area (Å²) in [5.74, 6) is -0.186. The first kappa shape index (κ1) is 24.5. The van der Waals surface area contributed by atoms with Gasteiger partial charge in [-0.05, 0) is 91.4 Å². The van der Waals surface area contributed by atoms with Gasteiger partial charge in [-0.25, -0.2) is 0 Å². The number of carboxylic acid groups (broad SMARTS) is 1. The van der Waals surface area contributed by atoms with Gasteiger partial charge < -0.3 is 9.94 Å². The van der Waals surface area contributed by atoms with Crippen LogP contribution in [0.1, 0.15) is 85.3 Å². The van der Waals surface area contributed by atoms with Gasteiger partial charge in [-0.3, -0.25) is 9.69 Å². The van der Waals surface area contributed by atoms with Crippen molar-refractivity contribution in [3.05, 3.63) is 69.8 Å². The summed E-state index contributed by atoms with van der Waals surface area (Å²) in [5.41, 5.74) is 8.51. The summed E-state index contributed by atoms with van der Waals surface area (Å²) >= 11 is 0. The highest BCUT2D eigenvalue weighted by molar-refractivity contribution is 5.98. The van der Waals surface area contributed by atoms with Gasteiger partial charge in [0.2, 0.25) is 0 Å². The fraction of sp³-hybridized carbons (Fsp3) is 0.517. The van der Waals surface area contributed by atoms with E-state index >= 15 is 0 Å². The molecule has 0 spiro atoms. The molecule has 5 nitrogen and oxygen atoms in total. The molecule has 2 aliphatic rings. The summed E-state index contributed by atoms with van der Waals surface area (Å²) in [6.07, 6.45) is 7.01. The van der Waals surface area contributed by atoms with E-state index in [1.807, 2.05) is 6.92 Å². The molecule has 2 fully saturated rings. The monoisotopic (exact) mass is 462 g/mol. The van der Waals surface area contributed by atoms with Crippen molar-refractivity contribution < 1.29 is 14.7 Å². The number of rotatable bonds is 9. The first-order valence-electron chi connectivity index (χ1n) is 12.8. The van der Waals surface area contributed by atoms with Crippen LogP contribution in [0.2, 0.25) is 0 Å². The Morgan fingerprint density at radius 3 is 2.59 bits per heavy atom. The van der Waals surface area contributed by atoms with Crippen molar-refractivity contribution in [2.45, 2.75) is 78.4 Å². The van der Waals surface area contributed by atoms with Gasteiger partial charge in [-0.2, -0.15) is 0 Å². The summed E-state index contributed by atoms with van der Waals surface area (Å²) in [6, 6.07) is 13.2. The molecule has 1 saturated heterocycles. The number of aryl methyl sites for hydroxylation is 2. The van der Waals surface area contributed by atoms with Crippen LogP contribution in [0.3, 0.4) is 0 Å². The van der Waals surface area contributed by atoms with Gasteiger partial charge in [0.1, 0.15) is 6.61 Å². The summed E-state index contributed by atoms with van der Waals surface area (Å²) in [5, 5.41) is 13.7. The van der Waals surface area contributed by atoms with Crippen LogP contribution in [-0.4, -0.2) is 34.8 Å². The van der Waals surface area contributed by atoms with E-state index in [0.29, 0.717) is 13.2 Å². The Kier molecular flexibility index (Phi) is 8.04. The lowest BCUT2D eigenvalue weighted by Crippen LogP contribution is -2.23. The quantitative estimate of drug-likeness (QED) is 0.363. The molecule has 2 aromatic rings. The Balaban J connectivity index is 1.36. The number of hydrogen-bond acceptors (Lipinski definition) is 4. The molecule has 0 aromatic heterocycles. The number of carboxylic acids is 1. The van der Waals surface area contributed by atoms with Crippen LogP contribution in [0.25, 0.3) is 0 Å². The highest BCUT2D eigenvalue weighted by atomic mass is 16.6. The zero-order valence-electron chi connectivity index (χ0n) is 20.8. The minimum Gasteiger partial charge on any atom is -0.481 e. The van der Waals surface area contributed by atoms with Crippen LogP contribution in [-0.2, 0) is 29.2 Å². The van der Waals surface area contributed by atoms with Crippen LogP contribution >= 0.6 is 0 Å². The molecule has 0 bridgehead atoms. The highest BCUT2D eigenvalue weighted by Crippen LogP contribution is 2.35. The van der Waals surface area contributed by atoms with Crippen LogP contribution in [0.15, 0.2) is 41.6 Å². The van der Waals surface area contributed by atoms with E-state index in [2.05, 4.69) is 60.3 Å². The maximum Gasteiger partial charge on any atom is 0.307 e. The molecular formula is C29H38N2O3. The largest absolute Gasteiger partial charge is 0.481 e. The number of likely N-dealkylation sites (tertiary alicyclic amines) is 1. The van der Waals surface area contributed by atoms with E-state index in [4.69, 9.17) is 4.84 Å². The summed E-state index contributed by atoms with van der Waals surface area (Å²) in [4.78, 5) is 19.2. The van der Waals surface area contributed by atoms with Crippen molar-refractivity contribution in [2.75, 3.05) is 13.1 Å². The van der Waals surface area contributed by atoms with E-state index < -0.39 is 5.97 Å². The molecule has 1 N–H and O–H groups in total. The van der Waals surface area contributed by atoms with Crippen LogP contribution < -0.4 is 0 Å². The molecule has 2 aromatic carbocycles. The average molecular weight is 463 g/mol. The predicted molar refractivity (Wildman–Crippen MR) is 136 cm³/mol. The molecule has 0 radical (unpaired) electrons. The van der Waals surface area contributed by atoms with Gasteiger partial charge in [-0.15, -0.1) is 0 Å². The van der Waals surface area contributed by atoms with Crippen molar-refractivity contribution in [1.82, 2.24) is 4.90 Å². The third-order valence-corrected chi connectivity index (χ3v) is 7.58. The molecule has 1 heterocycles. The standard InChI is InChI=1S/C29H38N2O3/c1-4-23-16-25(10-11-26(23)17-31-14-13-27(18-31)29(32)33)21(3)30-34-19-22-9-12-28(20(2)15-22)24-7-5-6-8-24/h9-12,15-16,24,27H,4-8,13-14,17-19H2,1-3H3,(H,32,33)/b30-21+/t27-/m0/s1. The van der Waals surface area contributed by atoms with E-state index in [1.165, 1.54) is 47.9 Å². The second-order valence-electron chi connectivity index (χ2n) is 10.0. The summed E-state index contributed by atoms with van der Waals surface area (Å²) in [7, 11) is 0. The average Bonchev–Trinajstić information content (AvgIpc) is 3.52. The van der Waals surface area contributed by atoms with Crippen molar-refractivity contribution in [3.63, 3.8) is 0 Å². The van der Waals surface area contributed by atoms with Gasteiger partial charge in [0.05, 0.1) is 11.6 Å². The second-order valence-corrected chi connectivity index (χ2v) is 10.0. The molecule has 1 aliphatic carbocycles. The fourth-order valence-corrected chi connectivity index (χ4v) is 5.53. The molecule has 1 saturated carbocycles. The van der Waals surface area contributed by atoms with E-state index in [1.54, 1.807) is 0 Å². The Hall–Kier alpha value is -2.66. The van der Waals surface area contributed by atoms with Crippen LogP contribution in [0, 0.1) is 12.8 Å². The molecule has 4 rings (SSSR count).